The smallest absolute Gasteiger partial charge is 0.453 e. The van der Waals surface area contributed by atoms with Crippen molar-refractivity contribution in [2.24, 2.45) is 0 Å². The summed E-state index contributed by atoms with van der Waals surface area (Å²) in [6, 6.07) is 34.7. The molecule has 1 unspecified atom stereocenters. The second kappa shape index (κ2) is 17.6. The predicted octanol–water partition coefficient (Wildman–Crippen LogP) is 16.7. The number of ether oxygens (including phenoxy) is 2. The first-order valence-electron chi connectivity index (χ1n) is 23.3. The summed E-state index contributed by atoms with van der Waals surface area (Å²) in [6.45, 7) is 31.1. The van der Waals surface area contributed by atoms with Crippen LogP contribution in [0.15, 0.2) is 105 Å². The Hall–Kier alpha value is -5.35. The van der Waals surface area contributed by atoms with Crippen LogP contribution in [0.1, 0.15) is 128 Å². The van der Waals surface area contributed by atoms with Crippen molar-refractivity contribution in [2.45, 2.75) is 125 Å². The van der Waals surface area contributed by atoms with Gasteiger partial charge in [0, 0.05) is 62.9 Å². The lowest BCUT2D eigenvalue weighted by Gasteiger charge is -2.38. The van der Waals surface area contributed by atoms with Crippen LogP contribution in [-0.4, -0.2) is 21.3 Å². The Morgan fingerprint density at radius 1 is 0.507 bits per heavy atom. The van der Waals surface area contributed by atoms with Crippen molar-refractivity contribution in [3.8, 4) is 34.1 Å². The molecule has 7 aromatic rings. The molecule has 0 saturated heterocycles. The summed E-state index contributed by atoms with van der Waals surface area (Å²) >= 11 is 0. The highest BCUT2D eigenvalue weighted by Gasteiger charge is 2.35. The first-order valence-corrected chi connectivity index (χ1v) is 25.7. The molecule has 9 heteroatoms. The van der Waals surface area contributed by atoms with Gasteiger partial charge in [-0.15, -0.1) is 0 Å². The highest BCUT2D eigenvalue weighted by molar-refractivity contribution is 7.63. The zero-order valence-electron chi connectivity index (χ0n) is 42.7. The number of nitrogens with zero attached hydrogens (tertiary/aromatic N) is 1. The van der Waals surface area contributed by atoms with Crippen LogP contribution in [0.3, 0.4) is 0 Å². The van der Waals surface area contributed by atoms with E-state index < -0.39 is 16.5 Å². The molecule has 352 valence electrons. The topological polar surface area (TPSA) is 66.4 Å². The quantitative estimate of drug-likeness (QED) is 0.141. The van der Waals surface area contributed by atoms with Crippen LogP contribution >= 0.6 is 16.5 Å². The number of hydrogen-bond donors (Lipinski definition) is 0. The van der Waals surface area contributed by atoms with Gasteiger partial charge in [-0.1, -0.05) is 155 Å². The van der Waals surface area contributed by atoms with Gasteiger partial charge in [-0.05, 0) is 83.0 Å². The van der Waals surface area contributed by atoms with Crippen LogP contribution in [-0.2, 0) is 28.1 Å². The molecule has 1 atom stereocenters. The summed E-state index contributed by atoms with van der Waals surface area (Å²) in [5.74, 6) is 3.15. The van der Waals surface area contributed by atoms with Crippen molar-refractivity contribution in [1.82, 2.24) is 0 Å². The van der Waals surface area contributed by atoms with Crippen molar-refractivity contribution in [3.63, 3.8) is 0 Å². The van der Waals surface area contributed by atoms with E-state index in [2.05, 4.69) is 194 Å². The Balaban J connectivity index is 1.38. The fourth-order valence-electron chi connectivity index (χ4n) is 9.23. The minimum atomic E-state index is -2.09. The normalized spacial score (nSPS) is 14.2. The molecule has 0 spiro atoms. The van der Waals surface area contributed by atoms with Crippen molar-refractivity contribution < 1.29 is 26.9 Å². The fourth-order valence-corrected chi connectivity index (χ4v) is 12.3. The highest BCUT2D eigenvalue weighted by Crippen LogP contribution is 2.55. The van der Waals surface area contributed by atoms with Gasteiger partial charge in [-0.25, -0.2) is 0 Å². The number of rotatable bonds is 8. The minimum absolute atomic E-state index is 0.216. The van der Waals surface area contributed by atoms with E-state index in [1.54, 1.807) is 14.2 Å². The Labute approximate surface area is 401 Å². The van der Waals surface area contributed by atoms with Crippen LogP contribution in [0.4, 0.5) is 5.69 Å². The third-order valence-corrected chi connectivity index (χ3v) is 15.6. The van der Waals surface area contributed by atoms with E-state index in [1.807, 2.05) is 12.1 Å². The average molecular weight is 938 g/mol. The average Bonchev–Trinajstić information content (AvgIpc) is 3.40. The summed E-state index contributed by atoms with van der Waals surface area (Å²) in [5, 5.41) is 2.94. The molecule has 0 fully saturated rings. The van der Waals surface area contributed by atoms with Crippen LogP contribution in [0, 0.1) is 13.8 Å². The summed E-state index contributed by atoms with van der Waals surface area (Å²) in [7, 11) is 2.22. The molecule has 2 heterocycles. The number of anilines is 1. The van der Waals surface area contributed by atoms with Gasteiger partial charge in [0.25, 0.3) is 0 Å². The first kappa shape index (κ1) is 48.1. The summed E-state index contributed by atoms with van der Waals surface area (Å²) in [5.41, 5.74) is 12.6. The van der Waals surface area contributed by atoms with Crippen LogP contribution in [0.2, 0.25) is 0 Å². The summed E-state index contributed by atoms with van der Waals surface area (Å²) < 4.78 is 43.7. The van der Waals surface area contributed by atoms with Crippen molar-refractivity contribution >= 4 is 49.5 Å². The molecule has 6 aromatic carbocycles. The Kier molecular flexibility index (Phi) is 12.7. The maximum absolute atomic E-state index is 7.59. The molecule has 1 aromatic heterocycles. The molecule has 0 saturated carbocycles. The zero-order chi connectivity index (χ0) is 48.5. The largest absolute Gasteiger partial charge is 0.497 e. The van der Waals surface area contributed by atoms with E-state index in [1.165, 1.54) is 27.6 Å². The Morgan fingerprint density at radius 3 is 1.40 bits per heavy atom. The molecule has 0 bridgehead atoms. The summed E-state index contributed by atoms with van der Waals surface area (Å²) in [6.07, 6.45) is 0.552. The lowest BCUT2D eigenvalue weighted by molar-refractivity contribution is 0.413. The fraction of sp³-hybridized carbons (Fsp3) is 0.379. The van der Waals surface area contributed by atoms with E-state index in [0.717, 1.165) is 72.8 Å². The maximum Gasteiger partial charge on any atom is 0.453 e. The number of hydrogen-bond acceptors (Lipinski definition) is 7. The maximum atomic E-state index is 7.59. The number of para-hydroxylation sites is 1. The molecule has 0 N–H and O–H groups in total. The number of methoxy groups -OCH3 is 2. The standard InChI is InChI=1S/C58H69NO6P2/c1-35-26-37(51(45(28-35)55(3,4)5)62-66-50-25-21-19-23-42(50)41-22-18-20-24-49(41)59(66)15)30-38-27-36(2)29-46(56(6,7)8)52(38)63-67-64-53-43(31-39(60-16)33-47(53)57(9,10)11)44-32-40(61-17)34-48(54(44)65-67)58(12,13)14/h18-29,31-34H,30H2,1-17H3. The Morgan fingerprint density at radius 2 is 0.940 bits per heavy atom. The molecule has 0 aliphatic carbocycles. The van der Waals surface area contributed by atoms with Crippen molar-refractivity contribution in [1.29, 1.82) is 0 Å². The first-order chi connectivity index (χ1) is 31.4. The molecule has 1 aliphatic rings. The predicted molar refractivity (Wildman–Crippen MR) is 283 cm³/mol. The molecular weight excluding hydrogens is 869 g/mol. The van der Waals surface area contributed by atoms with E-state index in [0.29, 0.717) is 17.6 Å². The van der Waals surface area contributed by atoms with Crippen LogP contribution < -0.4 is 28.5 Å². The molecule has 0 radical (unpaired) electrons. The molecular formula is C58H69NO6P2. The number of fused-ring (bicyclic) bond motifs is 6. The molecule has 67 heavy (non-hydrogen) atoms. The zero-order valence-corrected chi connectivity index (χ0v) is 44.5. The second-order valence-electron chi connectivity index (χ2n) is 22.3. The minimum Gasteiger partial charge on any atom is -0.497 e. The lowest BCUT2D eigenvalue weighted by Crippen LogP contribution is -2.28. The SMILES string of the molecule is COc1cc(C(C)(C)C)c2op(Oc3c(Cc4cc(C)cc(C(C)(C)C)c4OP4c5ccccc5-c5ccccc5N4C)cc(C)cc3C(C)(C)C)oc3c(C(C)(C)C)cc(OC)cc3c2c1. The van der Waals surface area contributed by atoms with Gasteiger partial charge >= 0.3 is 8.24 Å². The summed E-state index contributed by atoms with van der Waals surface area (Å²) in [4.78, 5) is 0. The van der Waals surface area contributed by atoms with E-state index in [9.17, 15) is 0 Å². The van der Waals surface area contributed by atoms with Crippen LogP contribution in [0.25, 0.3) is 33.1 Å². The van der Waals surface area contributed by atoms with Gasteiger partial charge in [0.05, 0.1) is 19.9 Å². The van der Waals surface area contributed by atoms with Gasteiger partial charge < -0.3 is 31.6 Å². The highest BCUT2D eigenvalue weighted by atomic mass is 31.2. The third-order valence-electron chi connectivity index (χ3n) is 12.7. The number of benzene rings is 6. The van der Waals surface area contributed by atoms with Gasteiger partial charge in [-0.2, -0.15) is 0 Å². The van der Waals surface area contributed by atoms with Gasteiger partial charge in [-0.3, -0.25) is 0 Å². The molecule has 0 amide bonds. The van der Waals surface area contributed by atoms with Crippen LogP contribution in [0.5, 0.6) is 23.0 Å². The van der Waals surface area contributed by atoms with E-state index in [-0.39, 0.29) is 21.7 Å². The second-order valence-corrected chi connectivity index (χ2v) is 25.1. The van der Waals surface area contributed by atoms with Gasteiger partial charge in [0.15, 0.2) is 0 Å². The molecule has 1 aliphatic heterocycles. The molecule has 8 rings (SSSR count). The number of aryl methyl sites for hydroxylation is 2. The van der Waals surface area contributed by atoms with E-state index >= 15 is 0 Å². The third kappa shape index (κ3) is 9.44. The monoisotopic (exact) mass is 937 g/mol. The lowest BCUT2D eigenvalue weighted by atomic mass is 9.81. The Bertz CT molecular complexity index is 2980. The molecule has 7 nitrogen and oxygen atoms in total. The van der Waals surface area contributed by atoms with Gasteiger partial charge in [0.1, 0.15) is 34.2 Å². The van der Waals surface area contributed by atoms with Crippen molar-refractivity contribution in [3.05, 3.63) is 142 Å². The van der Waals surface area contributed by atoms with Crippen molar-refractivity contribution in [2.75, 3.05) is 25.9 Å². The van der Waals surface area contributed by atoms with E-state index in [4.69, 9.17) is 26.9 Å². The van der Waals surface area contributed by atoms with Gasteiger partial charge in [0.2, 0.25) is 8.30 Å².